The summed E-state index contributed by atoms with van der Waals surface area (Å²) in [6, 6.07) is 7.91. The van der Waals surface area contributed by atoms with Crippen LogP contribution in [0.25, 0.3) is 0 Å². The molecule has 0 spiro atoms. The van der Waals surface area contributed by atoms with Crippen LogP contribution in [-0.4, -0.2) is 13.4 Å². The maximum Gasteiger partial charge on any atom is 0.154 e. The molecule has 1 aromatic rings. The summed E-state index contributed by atoms with van der Waals surface area (Å²) in [5.41, 5.74) is 0.463. The Kier molecular flexibility index (Phi) is 2.05. The lowest BCUT2D eigenvalue weighted by Crippen LogP contribution is -1.88. The second-order valence-corrected chi connectivity index (χ2v) is 1.77. The Bertz CT molecular complexity index is 230. The minimum atomic E-state index is 0.463. The molecular weight excluding hydrogens is 128 g/mol. The number of carbonyl (C=O) groups excluding carboxylic acids is 1. The van der Waals surface area contributed by atoms with E-state index in [9.17, 15) is 4.79 Å². The highest BCUT2D eigenvalue weighted by molar-refractivity contribution is 5.78. The molecule has 0 aliphatic carbocycles. The minimum Gasteiger partial charge on any atom is -0.496 e. The average Bonchev–Trinajstić information content (AvgIpc) is 2.04. The zero-order valence-corrected chi connectivity index (χ0v) is 5.63. The SMILES string of the molecule is COc1ccc[c]c1C=O. The molecule has 0 unspecified atom stereocenters. The summed E-state index contributed by atoms with van der Waals surface area (Å²) in [4.78, 5) is 10.3. The van der Waals surface area contributed by atoms with Crippen molar-refractivity contribution in [1.82, 2.24) is 0 Å². The van der Waals surface area contributed by atoms with Gasteiger partial charge in [-0.1, -0.05) is 12.1 Å². The molecule has 0 bridgehead atoms. The number of hydrogen-bond donors (Lipinski definition) is 0. The molecule has 51 valence electrons. The zero-order chi connectivity index (χ0) is 7.40. The van der Waals surface area contributed by atoms with Gasteiger partial charge in [0, 0.05) is 0 Å². The molecule has 0 saturated carbocycles. The standard InChI is InChI=1S/C8H7O2/c1-10-8-5-3-2-4-7(8)6-9/h2-3,5-6H,1H3. The molecule has 0 fully saturated rings. The van der Waals surface area contributed by atoms with Gasteiger partial charge in [-0.2, -0.15) is 0 Å². The predicted molar refractivity (Wildman–Crippen MR) is 37.2 cm³/mol. The van der Waals surface area contributed by atoms with Gasteiger partial charge in [0.25, 0.3) is 0 Å². The van der Waals surface area contributed by atoms with Crippen LogP contribution in [0.2, 0.25) is 0 Å². The molecule has 2 heteroatoms. The Morgan fingerprint density at radius 3 is 3.00 bits per heavy atom. The summed E-state index contributed by atoms with van der Waals surface area (Å²) in [5.74, 6) is 0.567. The average molecular weight is 135 g/mol. The molecule has 0 aromatic heterocycles. The molecule has 0 aliphatic rings. The fourth-order valence-corrected chi connectivity index (χ4v) is 0.704. The van der Waals surface area contributed by atoms with Gasteiger partial charge in [-0.3, -0.25) is 4.79 Å². The first-order valence-corrected chi connectivity index (χ1v) is 2.88. The van der Waals surface area contributed by atoms with E-state index >= 15 is 0 Å². The number of ether oxygens (including phenoxy) is 1. The van der Waals surface area contributed by atoms with E-state index in [1.807, 2.05) is 0 Å². The van der Waals surface area contributed by atoms with Gasteiger partial charge in [0.1, 0.15) is 5.75 Å². The maximum atomic E-state index is 10.3. The lowest BCUT2D eigenvalue weighted by atomic mass is 10.2. The maximum absolute atomic E-state index is 10.3. The first-order chi connectivity index (χ1) is 4.88. The van der Waals surface area contributed by atoms with E-state index in [0.29, 0.717) is 11.3 Å². The smallest absolute Gasteiger partial charge is 0.154 e. The molecule has 0 heterocycles. The largest absolute Gasteiger partial charge is 0.496 e. The number of methoxy groups -OCH3 is 1. The highest BCUT2D eigenvalue weighted by Crippen LogP contribution is 2.13. The van der Waals surface area contributed by atoms with Gasteiger partial charge in [0.05, 0.1) is 12.7 Å². The Labute approximate surface area is 59.4 Å². The van der Waals surface area contributed by atoms with Gasteiger partial charge in [-0.15, -0.1) is 0 Å². The van der Waals surface area contributed by atoms with E-state index in [0.717, 1.165) is 6.29 Å². The van der Waals surface area contributed by atoms with E-state index in [1.54, 1.807) is 18.2 Å². The van der Waals surface area contributed by atoms with Crippen LogP contribution in [0, 0.1) is 6.07 Å². The summed E-state index contributed by atoms with van der Waals surface area (Å²) in [5, 5.41) is 0. The third kappa shape index (κ3) is 1.16. The van der Waals surface area contributed by atoms with Gasteiger partial charge >= 0.3 is 0 Å². The van der Waals surface area contributed by atoms with Crippen molar-refractivity contribution in [3.63, 3.8) is 0 Å². The highest BCUT2D eigenvalue weighted by Gasteiger charge is 1.97. The Hall–Kier alpha value is -1.31. The summed E-state index contributed by atoms with van der Waals surface area (Å²) >= 11 is 0. The molecule has 10 heavy (non-hydrogen) atoms. The molecule has 1 rings (SSSR count). The van der Waals surface area contributed by atoms with Crippen LogP contribution in [0.5, 0.6) is 5.75 Å². The quantitative estimate of drug-likeness (QED) is 0.571. The third-order valence-electron chi connectivity index (χ3n) is 1.19. The van der Waals surface area contributed by atoms with E-state index in [-0.39, 0.29) is 0 Å². The fraction of sp³-hybridized carbons (Fsp3) is 0.125. The van der Waals surface area contributed by atoms with Crippen molar-refractivity contribution < 1.29 is 9.53 Å². The van der Waals surface area contributed by atoms with E-state index in [4.69, 9.17) is 4.74 Å². The molecule has 0 aliphatic heterocycles. The van der Waals surface area contributed by atoms with Gasteiger partial charge in [-0.25, -0.2) is 0 Å². The van der Waals surface area contributed by atoms with Crippen molar-refractivity contribution in [1.29, 1.82) is 0 Å². The molecule has 0 saturated heterocycles. The van der Waals surface area contributed by atoms with Crippen molar-refractivity contribution in [3.8, 4) is 5.75 Å². The van der Waals surface area contributed by atoms with Crippen LogP contribution in [0.1, 0.15) is 10.4 Å². The number of rotatable bonds is 2. The van der Waals surface area contributed by atoms with E-state index in [2.05, 4.69) is 6.07 Å². The van der Waals surface area contributed by atoms with Crippen molar-refractivity contribution in [2.45, 2.75) is 0 Å². The van der Waals surface area contributed by atoms with E-state index in [1.165, 1.54) is 7.11 Å². The van der Waals surface area contributed by atoms with Gasteiger partial charge in [-0.05, 0) is 12.1 Å². The van der Waals surface area contributed by atoms with Crippen LogP contribution in [-0.2, 0) is 0 Å². The summed E-state index contributed by atoms with van der Waals surface area (Å²) < 4.78 is 4.87. The number of carbonyl (C=O) groups is 1. The predicted octanol–water partition coefficient (Wildman–Crippen LogP) is 1.31. The minimum absolute atomic E-state index is 0.463. The molecule has 0 atom stereocenters. The van der Waals surface area contributed by atoms with Crippen molar-refractivity contribution in [3.05, 3.63) is 29.8 Å². The first kappa shape index (κ1) is 6.81. The second-order valence-electron chi connectivity index (χ2n) is 1.77. The first-order valence-electron chi connectivity index (χ1n) is 2.88. The van der Waals surface area contributed by atoms with Crippen LogP contribution in [0.3, 0.4) is 0 Å². The summed E-state index contributed by atoms with van der Waals surface area (Å²) in [6.07, 6.45) is 0.721. The van der Waals surface area contributed by atoms with Crippen LogP contribution < -0.4 is 4.74 Å². The summed E-state index contributed by atoms with van der Waals surface area (Å²) in [7, 11) is 1.52. The number of hydrogen-bond acceptors (Lipinski definition) is 2. The molecule has 1 radical (unpaired) electrons. The van der Waals surface area contributed by atoms with Crippen molar-refractivity contribution in [2.75, 3.05) is 7.11 Å². The topological polar surface area (TPSA) is 26.3 Å². The molecule has 1 aromatic carbocycles. The second kappa shape index (κ2) is 3.01. The zero-order valence-electron chi connectivity index (χ0n) is 5.63. The molecule has 2 nitrogen and oxygen atoms in total. The molecule has 0 N–H and O–H groups in total. The summed E-state index contributed by atoms with van der Waals surface area (Å²) in [6.45, 7) is 0. The van der Waals surface area contributed by atoms with Crippen LogP contribution in [0.15, 0.2) is 18.2 Å². The third-order valence-corrected chi connectivity index (χ3v) is 1.19. The monoisotopic (exact) mass is 135 g/mol. The highest BCUT2D eigenvalue weighted by atomic mass is 16.5. The molecule has 0 amide bonds. The van der Waals surface area contributed by atoms with Gasteiger partial charge in [0.2, 0.25) is 0 Å². The number of benzene rings is 1. The fourth-order valence-electron chi connectivity index (χ4n) is 0.704. The van der Waals surface area contributed by atoms with E-state index < -0.39 is 0 Å². The Morgan fingerprint density at radius 1 is 1.70 bits per heavy atom. The van der Waals surface area contributed by atoms with Crippen molar-refractivity contribution >= 4 is 6.29 Å². The van der Waals surface area contributed by atoms with Crippen molar-refractivity contribution in [2.24, 2.45) is 0 Å². The molecular formula is C8H7O2. The van der Waals surface area contributed by atoms with Gasteiger partial charge < -0.3 is 4.74 Å². The lowest BCUT2D eigenvalue weighted by molar-refractivity contribution is 0.112. The number of aldehydes is 1. The van der Waals surface area contributed by atoms with Crippen LogP contribution in [0.4, 0.5) is 0 Å². The lowest BCUT2D eigenvalue weighted by Gasteiger charge is -1.99. The van der Waals surface area contributed by atoms with Crippen LogP contribution >= 0.6 is 0 Å². The normalized spacial score (nSPS) is 8.90. The van der Waals surface area contributed by atoms with Gasteiger partial charge in [0.15, 0.2) is 6.29 Å². The Balaban J connectivity index is 3.08. The Morgan fingerprint density at radius 2 is 2.50 bits per heavy atom.